The topological polar surface area (TPSA) is 133 Å². The van der Waals surface area contributed by atoms with Gasteiger partial charge in [0.25, 0.3) is 5.56 Å². The maximum absolute atomic E-state index is 11.9. The second-order valence-corrected chi connectivity index (χ2v) is 2.96. The lowest BCUT2D eigenvalue weighted by atomic mass is 10.7. The average Bonchev–Trinajstić information content (AvgIpc) is 1.94. The molecule has 0 saturated carbocycles. The van der Waals surface area contributed by atoms with Crippen molar-refractivity contribution in [2.45, 2.75) is 0 Å². The van der Waals surface area contributed by atoms with Gasteiger partial charge in [-0.3, -0.25) is 9.78 Å². The molecule has 1 heterocycles. The van der Waals surface area contributed by atoms with Crippen LogP contribution in [0.3, 0.4) is 0 Å². The Morgan fingerprint density at radius 1 is 1.36 bits per heavy atom. The molecule has 1 aromatic rings. The molecule has 0 bridgehead atoms. The average molecular weight is 228 g/mol. The zero-order valence-electron chi connectivity index (χ0n) is 6.49. The minimum atomic E-state index is -4.64. The maximum atomic E-state index is 11.9. The molecule has 0 spiro atoms. The molecule has 10 heteroatoms. The molecule has 0 unspecified atom stereocenters. The molecule has 0 fully saturated rings. The van der Waals surface area contributed by atoms with E-state index in [-0.39, 0.29) is 4.79 Å². The molecule has 0 aromatic carbocycles. The first kappa shape index (κ1) is 12.7. The monoisotopic (exact) mass is 228 g/mol. The van der Waals surface area contributed by atoms with Crippen LogP contribution in [0.1, 0.15) is 0 Å². The third-order valence-electron chi connectivity index (χ3n) is 0.781. The molecule has 0 aliphatic heterocycles. The lowest BCUT2D eigenvalue weighted by molar-refractivity contribution is 0.275. The van der Waals surface area contributed by atoms with E-state index in [1.54, 1.807) is 4.98 Å². The van der Waals surface area contributed by atoms with Crippen molar-refractivity contribution in [3.05, 3.63) is 33.1 Å². The Kier molecular flexibility index (Phi) is 4.38. The molecule has 0 amide bonds. The van der Waals surface area contributed by atoms with Gasteiger partial charge in [0, 0.05) is 12.3 Å². The number of hydrogen-bond donors (Lipinski definition) is 4. The largest absolute Gasteiger partial charge is 0.466 e. The highest BCUT2D eigenvalue weighted by molar-refractivity contribution is 7.45. The van der Waals surface area contributed by atoms with Gasteiger partial charge in [0.05, 0.1) is 0 Å². The van der Waals surface area contributed by atoms with E-state index in [1.807, 2.05) is 0 Å². The van der Waals surface area contributed by atoms with Crippen LogP contribution in [0.2, 0.25) is 0 Å². The van der Waals surface area contributed by atoms with Crippen molar-refractivity contribution in [2.24, 2.45) is 0 Å². The number of phosphoric acid groups is 1. The summed E-state index contributed by atoms with van der Waals surface area (Å²) in [5.41, 5.74) is -1.66. The highest BCUT2D eigenvalue weighted by Crippen LogP contribution is 2.25. The van der Waals surface area contributed by atoms with E-state index >= 15 is 0 Å². The number of halogens is 1. The minimum Gasteiger partial charge on any atom is -0.303 e. The molecule has 0 aliphatic carbocycles. The number of aromatic amines is 1. The molecular formula is C4H6FN2O6P. The van der Waals surface area contributed by atoms with Crippen LogP contribution in [-0.2, 0) is 4.57 Å². The van der Waals surface area contributed by atoms with Crippen molar-refractivity contribution < 1.29 is 23.7 Å². The summed E-state index contributed by atoms with van der Waals surface area (Å²) in [6, 6.07) is 0.918. The van der Waals surface area contributed by atoms with Crippen molar-refractivity contribution in [2.75, 3.05) is 0 Å². The molecule has 0 radical (unpaired) electrons. The molecule has 0 aliphatic rings. The van der Waals surface area contributed by atoms with Crippen molar-refractivity contribution >= 4 is 7.82 Å². The van der Waals surface area contributed by atoms with Crippen LogP contribution in [0.15, 0.2) is 21.9 Å². The first-order chi connectivity index (χ1) is 6.20. The third-order valence-corrected chi connectivity index (χ3v) is 0.781. The predicted molar refractivity (Wildman–Crippen MR) is 42.1 cm³/mol. The summed E-state index contributed by atoms with van der Waals surface area (Å²) in [6.45, 7) is 0. The van der Waals surface area contributed by atoms with Gasteiger partial charge in [-0.2, -0.15) is 0 Å². The van der Waals surface area contributed by atoms with Crippen molar-refractivity contribution in [3.63, 3.8) is 0 Å². The Morgan fingerprint density at radius 2 is 1.79 bits per heavy atom. The number of aromatic nitrogens is 2. The van der Waals surface area contributed by atoms with Crippen LogP contribution in [0.25, 0.3) is 0 Å². The minimum absolute atomic E-state index is 0.207. The van der Waals surface area contributed by atoms with Crippen molar-refractivity contribution in [1.82, 2.24) is 9.77 Å². The normalized spacial score (nSPS) is 10.3. The van der Waals surface area contributed by atoms with Gasteiger partial charge >= 0.3 is 13.5 Å². The van der Waals surface area contributed by atoms with E-state index in [4.69, 9.17) is 19.2 Å². The molecule has 1 rings (SSSR count). The Morgan fingerprint density at radius 3 is 2.07 bits per heavy atom. The van der Waals surface area contributed by atoms with Gasteiger partial charge in [0.15, 0.2) is 0 Å². The van der Waals surface area contributed by atoms with Gasteiger partial charge in [0.1, 0.15) is 0 Å². The zero-order chi connectivity index (χ0) is 11.4. The lowest BCUT2D eigenvalue weighted by Crippen LogP contribution is -2.24. The van der Waals surface area contributed by atoms with E-state index in [0.717, 1.165) is 12.3 Å². The molecular weight excluding hydrogens is 222 g/mol. The SMILES string of the molecule is O=P(O)(O)O.O=c1ccn(F)c(=O)[nH]1. The first-order valence-electron chi connectivity index (χ1n) is 2.96. The quantitative estimate of drug-likeness (QED) is 0.393. The molecule has 14 heavy (non-hydrogen) atoms. The van der Waals surface area contributed by atoms with Gasteiger partial charge in [0.2, 0.25) is 0 Å². The standard InChI is InChI=1S/C4H3FN2O2.H3O4P/c5-7-2-1-3(8)6-4(7)9;1-5(2,3)4/h1-2H,(H,6,8,9);(H3,1,2,3,4). The van der Waals surface area contributed by atoms with E-state index in [9.17, 15) is 14.1 Å². The Hall–Kier alpha value is -1.28. The van der Waals surface area contributed by atoms with Crippen LogP contribution in [0, 0.1) is 0 Å². The predicted octanol–water partition coefficient (Wildman–Crippen LogP) is -1.66. The van der Waals surface area contributed by atoms with Crippen molar-refractivity contribution in [1.29, 1.82) is 0 Å². The van der Waals surface area contributed by atoms with Gasteiger partial charge in [-0.25, -0.2) is 9.36 Å². The first-order valence-corrected chi connectivity index (χ1v) is 4.53. The number of rotatable bonds is 0. The third kappa shape index (κ3) is 7.37. The van der Waals surface area contributed by atoms with Crippen LogP contribution >= 0.6 is 7.82 Å². The molecule has 80 valence electrons. The Labute approximate surface area is 75.4 Å². The number of H-pyrrole nitrogens is 1. The fraction of sp³-hybridized carbons (Fsp3) is 0. The van der Waals surface area contributed by atoms with Crippen LogP contribution in [-0.4, -0.2) is 24.5 Å². The van der Waals surface area contributed by atoms with E-state index < -0.39 is 19.1 Å². The summed E-state index contributed by atoms with van der Waals surface area (Å²) >= 11 is 0. The fourth-order valence-electron chi connectivity index (χ4n) is 0.401. The molecule has 4 N–H and O–H groups in total. The molecule has 8 nitrogen and oxygen atoms in total. The Balaban J connectivity index is 0.000000292. The number of nitrogens with one attached hydrogen (secondary N) is 1. The highest BCUT2D eigenvalue weighted by Gasteiger charge is 2.00. The summed E-state index contributed by atoms with van der Waals surface area (Å²) < 4.78 is 20.8. The van der Waals surface area contributed by atoms with Crippen LogP contribution in [0.5, 0.6) is 0 Å². The second-order valence-electron chi connectivity index (χ2n) is 1.93. The summed E-state index contributed by atoms with van der Waals surface area (Å²) in [5.74, 6) is 0. The zero-order valence-corrected chi connectivity index (χ0v) is 7.39. The van der Waals surface area contributed by atoms with Crippen LogP contribution < -0.4 is 11.2 Å². The van der Waals surface area contributed by atoms with Gasteiger partial charge in [-0.1, -0.05) is 4.48 Å². The highest BCUT2D eigenvalue weighted by atomic mass is 31.2. The summed E-state index contributed by atoms with van der Waals surface area (Å²) in [7, 11) is -4.64. The molecule has 1 aromatic heterocycles. The molecule has 0 atom stereocenters. The van der Waals surface area contributed by atoms with Gasteiger partial charge in [-0.05, 0) is 0 Å². The fourth-order valence-corrected chi connectivity index (χ4v) is 0.401. The second kappa shape index (κ2) is 4.82. The van der Waals surface area contributed by atoms with Crippen LogP contribution in [0.4, 0.5) is 4.48 Å². The van der Waals surface area contributed by atoms with Gasteiger partial charge < -0.3 is 14.7 Å². The summed E-state index contributed by atoms with van der Waals surface area (Å²) in [5, 5.41) is 0. The van der Waals surface area contributed by atoms with E-state index in [2.05, 4.69) is 0 Å². The van der Waals surface area contributed by atoms with Crippen molar-refractivity contribution in [3.8, 4) is 0 Å². The number of hydrogen-bond acceptors (Lipinski definition) is 3. The van der Waals surface area contributed by atoms with E-state index in [0.29, 0.717) is 0 Å². The smallest absolute Gasteiger partial charge is 0.303 e. The number of nitrogens with zero attached hydrogens (tertiary/aromatic N) is 1. The maximum Gasteiger partial charge on any atom is 0.466 e. The van der Waals surface area contributed by atoms with Gasteiger partial charge in [-0.15, -0.1) is 4.79 Å². The summed E-state index contributed by atoms with van der Waals surface area (Å²) in [4.78, 5) is 43.4. The van der Waals surface area contributed by atoms with E-state index in [1.165, 1.54) is 0 Å². The lowest BCUT2D eigenvalue weighted by Gasteiger charge is -1.84. The molecule has 0 saturated heterocycles. The summed E-state index contributed by atoms with van der Waals surface area (Å²) in [6.07, 6.45) is 0.751. The Bertz CT molecular complexity index is 437.